The van der Waals surface area contributed by atoms with Crippen molar-refractivity contribution in [3.63, 3.8) is 0 Å². The van der Waals surface area contributed by atoms with Crippen LogP contribution in [0.15, 0.2) is 18.2 Å². The lowest BCUT2D eigenvalue weighted by atomic mass is 10.1. The molecule has 1 unspecified atom stereocenters. The van der Waals surface area contributed by atoms with Crippen molar-refractivity contribution in [3.05, 3.63) is 28.3 Å². The van der Waals surface area contributed by atoms with Crippen LogP contribution in [0.3, 0.4) is 0 Å². The van der Waals surface area contributed by atoms with E-state index in [1.54, 1.807) is 13.0 Å². The number of anilines is 1. The van der Waals surface area contributed by atoms with Crippen LogP contribution in [0.1, 0.15) is 13.8 Å². The van der Waals surface area contributed by atoms with Gasteiger partial charge in [0.1, 0.15) is 11.3 Å². The molecular formula is C12H18N2O5. The van der Waals surface area contributed by atoms with E-state index >= 15 is 0 Å². The third-order valence-electron chi connectivity index (χ3n) is 2.48. The van der Waals surface area contributed by atoms with E-state index in [2.05, 4.69) is 5.32 Å². The first kappa shape index (κ1) is 15.2. The predicted octanol–water partition coefficient (Wildman–Crippen LogP) is 1.15. The quantitative estimate of drug-likeness (QED) is 0.507. The van der Waals surface area contributed by atoms with E-state index in [-0.39, 0.29) is 23.7 Å². The zero-order valence-corrected chi connectivity index (χ0v) is 10.9. The Morgan fingerprint density at radius 1 is 1.53 bits per heavy atom. The Morgan fingerprint density at radius 3 is 2.74 bits per heavy atom. The van der Waals surface area contributed by atoms with Crippen molar-refractivity contribution in [1.82, 2.24) is 0 Å². The maximum absolute atomic E-state index is 11.1. The van der Waals surface area contributed by atoms with Gasteiger partial charge in [0.05, 0.1) is 18.1 Å². The number of rotatable bonds is 7. The average Bonchev–Trinajstić information content (AvgIpc) is 2.36. The fourth-order valence-electron chi connectivity index (χ4n) is 1.47. The summed E-state index contributed by atoms with van der Waals surface area (Å²) in [6, 6.07) is 4.65. The van der Waals surface area contributed by atoms with Gasteiger partial charge >= 0.3 is 5.69 Å². The Hall–Kier alpha value is -1.86. The highest BCUT2D eigenvalue weighted by molar-refractivity contribution is 5.68. The first-order chi connectivity index (χ1) is 8.91. The smallest absolute Gasteiger partial charge is 0.333 e. The highest BCUT2D eigenvalue weighted by Crippen LogP contribution is 2.34. The number of aliphatic hydroxyl groups is 2. The van der Waals surface area contributed by atoms with Crippen LogP contribution in [0.4, 0.5) is 11.4 Å². The second-order valence-corrected chi connectivity index (χ2v) is 4.35. The minimum atomic E-state index is -1.35. The van der Waals surface area contributed by atoms with Gasteiger partial charge in [0.15, 0.2) is 5.75 Å². The first-order valence-electron chi connectivity index (χ1n) is 5.88. The van der Waals surface area contributed by atoms with Crippen LogP contribution >= 0.6 is 0 Å². The van der Waals surface area contributed by atoms with Crippen LogP contribution in [-0.4, -0.2) is 40.5 Å². The summed E-state index contributed by atoms with van der Waals surface area (Å²) in [5, 5.41) is 32.5. The Morgan fingerprint density at radius 2 is 2.21 bits per heavy atom. The van der Waals surface area contributed by atoms with Gasteiger partial charge in [0.25, 0.3) is 0 Å². The second-order valence-electron chi connectivity index (χ2n) is 4.35. The van der Waals surface area contributed by atoms with Crippen molar-refractivity contribution < 1.29 is 19.9 Å². The molecule has 0 aromatic heterocycles. The zero-order chi connectivity index (χ0) is 14.5. The third-order valence-corrected chi connectivity index (χ3v) is 2.48. The lowest BCUT2D eigenvalue weighted by molar-refractivity contribution is -0.384. The van der Waals surface area contributed by atoms with Crippen LogP contribution in [-0.2, 0) is 0 Å². The molecule has 1 rings (SSSR count). The maximum Gasteiger partial charge on any atom is 0.333 e. The van der Waals surface area contributed by atoms with Crippen molar-refractivity contribution in [2.45, 2.75) is 19.4 Å². The van der Waals surface area contributed by atoms with Crippen molar-refractivity contribution in [2.75, 3.05) is 25.1 Å². The summed E-state index contributed by atoms with van der Waals surface area (Å²) in [4.78, 5) is 10.5. The van der Waals surface area contributed by atoms with E-state index in [4.69, 9.17) is 9.84 Å². The molecule has 3 N–H and O–H groups in total. The molecule has 7 heteroatoms. The molecule has 0 bridgehead atoms. The molecule has 0 radical (unpaired) electrons. The molecule has 7 nitrogen and oxygen atoms in total. The molecule has 1 aromatic carbocycles. The van der Waals surface area contributed by atoms with Gasteiger partial charge in [-0.3, -0.25) is 10.1 Å². The van der Waals surface area contributed by atoms with E-state index in [1.165, 1.54) is 19.1 Å². The summed E-state index contributed by atoms with van der Waals surface area (Å²) in [5.41, 5.74) is -1.29. The number of nitro groups is 1. The number of aliphatic hydroxyl groups excluding tert-OH is 1. The van der Waals surface area contributed by atoms with E-state index in [0.29, 0.717) is 6.61 Å². The molecule has 0 fully saturated rings. The number of para-hydroxylation sites is 1. The number of nitro benzene ring substituents is 1. The summed E-state index contributed by atoms with van der Waals surface area (Å²) in [6.07, 6.45) is 0. The van der Waals surface area contributed by atoms with Gasteiger partial charge in [-0.05, 0) is 26.0 Å². The molecule has 0 aliphatic carbocycles. The molecule has 0 spiro atoms. The number of benzene rings is 1. The normalized spacial score (nSPS) is 13.7. The van der Waals surface area contributed by atoms with Gasteiger partial charge in [0, 0.05) is 6.54 Å². The van der Waals surface area contributed by atoms with Crippen molar-refractivity contribution in [2.24, 2.45) is 0 Å². The predicted molar refractivity (Wildman–Crippen MR) is 70.5 cm³/mol. The molecule has 19 heavy (non-hydrogen) atoms. The van der Waals surface area contributed by atoms with Gasteiger partial charge in [-0.2, -0.15) is 0 Å². The SMILES string of the molecule is CCOc1cccc(NCC(C)(O)CO)c1[N+](=O)[O-]. The number of hydrogen-bond donors (Lipinski definition) is 3. The topological polar surface area (TPSA) is 105 Å². The highest BCUT2D eigenvalue weighted by atomic mass is 16.6. The fraction of sp³-hybridized carbons (Fsp3) is 0.500. The van der Waals surface area contributed by atoms with Crippen LogP contribution in [0.5, 0.6) is 5.75 Å². The van der Waals surface area contributed by atoms with Crippen molar-refractivity contribution in [1.29, 1.82) is 0 Å². The number of ether oxygens (including phenoxy) is 1. The van der Waals surface area contributed by atoms with Gasteiger partial charge in [-0.25, -0.2) is 0 Å². The molecular weight excluding hydrogens is 252 g/mol. The van der Waals surface area contributed by atoms with Crippen LogP contribution < -0.4 is 10.1 Å². The van der Waals surface area contributed by atoms with Crippen molar-refractivity contribution in [3.8, 4) is 5.75 Å². The van der Waals surface area contributed by atoms with Gasteiger partial charge < -0.3 is 20.3 Å². The number of nitrogens with zero attached hydrogens (tertiary/aromatic N) is 1. The van der Waals surface area contributed by atoms with E-state index < -0.39 is 17.1 Å². The Labute approximate surface area is 111 Å². The molecule has 0 saturated carbocycles. The van der Waals surface area contributed by atoms with Crippen LogP contribution in [0.2, 0.25) is 0 Å². The first-order valence-corrected chi connectivity index (χ1v) is 5.88. The van der Waals surface area contributed by atoms with Gasteiger partial charge in [-0.15, -0.1) is 0 Å². The maximum atomic E-state index is 11.1. The fourth-order valence-corrected chi connectivity index (χ4v) is 1.47. The molecule has 0 heterocycles. The minimum absolute atomic E-state index is 0.0140. The van der Waals surface area contributed by atoms with Crippen LogP contribution in [0.25, 0.3) is 0 Å². The van der Waals surface area contributed by atoms with E-state index in [1.807, 2.05) is 0 Å². The number of nitrogens with one attached hydrogen (secondary N) is 1. The largest absolute Gasteiger partial charge is 0.487 e. The summed E-state index contributed by atoms with van der Waals surface area (Å²) in [5.74, 6) is 0.168. The van der Waals surface area contributed by atoms with E-state index in [0.717, 1.165) is 0 Å². The molecule has 0 aliphatic rings. The Bertz CT molecular complexity index is 448. The number of hydrogen-bond acceptors (Lipinski definition) is 6. The molecule has 106 valence electrons. The molecule has 0 saturated heterocycles. The third kappa shape index (κ3) is 4.08. The average molecular weight is 270 g/mol. The molecule has 0 amide bonds. The lowest BCUT2D eigenvalue weighted by Gasteiger charge is -2.21. The zero-order valence-electron chi connectivity index (χ0n) is 10.9. The van der Waals surface area contributed by atoms with Gasteiger partial charge in [0.2, 0.25) is 0 Å². The van der Waals surface area contributed by atoms with E-state index in [9.17, 15) is 15.2 Å². The Balaban J connectivity index is 3.00. The summed E-state index contributed by atoms with van der Waals surface area (Å²) in [7, 11) is 0. The summed E-state index contributed by atoms with van der Waals surface area (Å²) < 4.78 is 5.20. The second kappa shape index (κ2) is 6.35. The van der Waals surface area contributed by atoms with Gasteiger partial charge in [-0.1, -0.05) is 6.07 Å². The molecule has 1 atom stereocenters. The summed E-state index contributed by atoms with van der Waals surface area (Å²) >= 11 is 0. The summed E-state index contributed by atoms with van der Waals surface area (Å²) in [6.45, 7) is 3.02. The molecule has 1 aromatic rings. The van der Waals surface area contributed by atoms with Crippen LogP contribution in [0, 0.1) is 10.1 Å². The standard InChI is InChI=1S/C12H18N2O5/c1-3-19-10-6-4-5-9(11(10)14(17)18)13-7-12(2,16)8-15/h4-6,13,15-16H,3,7-8H2,1-2H3. The highest BCUT2D eigenvalue weighted by Gasteiger charge is 2.24. The molecule has 0 aliphatic heterocycles. The lowest BCUT2D eigenvalue weighted by Crippen LogP contribution is -2.37. The Kier molecular flexibility index (Phi) is 5.08. The minimum Gasteiger partial charge on any atom is -0.487 e. The van der Waals surface area contributed by atoms with Crippen molar-refractivity contribution >= 4 is 11.4 Å². The monoisotopic (exact) mass is 270 g/mol.